The van der Waals surface area contributed by atoms with Gasteiger partial charge in [-0.15, -0.1) is 11.3 Å². The molecule has 0 aliphatic carbocycles. The molecule has 1 N–H and O–H groups in total. The number of aryl methyl sites for hydroxylation is 1. The van der Waals surface area contributed by atoms with Crippen LogP contribution in [0.15, 0.2) is 52.7 Å². The van der Waals surface area contributed by atoms with E-state index in [0.717, 1.165) is 17.0 Å². The molecule has 0 aliphatic rings. The molecule has 0 radical (unpaired) electrons. The smallest absolute Gasteiger partial charge is 0.338 e. The number of aromatic nitrogens is 1. The highest BCUT2D eigenvalue weighted by molar-refractivity contribution is 7.89. The number of hydrogen-bond acceptors (Lipinski definition) is 7. The Morgan fingerprint density at radius 1 is 1.19 bits per heavy atom. The Hall–Kier alpha value is -2.46. The molecule has 0 amide bonds. The standard InChI is InChI=1S/C21H21ClN2O5S2/c1-3-20-24-17(13-30-20)12-29-21(25)15-6-9-18(28-2)19(10-15)31(26,27)23-11-14-4-7-16(22)8-5-14/h4-10,13,23H,3,11-12H2,1-2H3. The number of thiazole rings is 1. The summed E-state index contributed by atoms with van der Waals surface area (Å²) in [5.41, 5.74) is 1.48. The van der Waals surface area contributed by atoms with Crippen LogP contribution in [0.1, 0.15) is 33.5 Å². The number of halogens is 1. The molecule has 10 heteroatoms. The molecule has 31 heavy (non-hydrogen) atoms. The Bertz CT molecular complexity index is 1160. The predicted octanol–water partition coefficient (Wildman–Crippen LogP) is 4.20. The maximum atomic E-state index is 12.9. The second kappa shape index (κ2) is 10.2. The number of carbonyl (C=O) groups is 1. The van der Waals surface area contributed by atoms with Crippen LogP contribution in [-0.4, -0.2) is 26.5 Å². The third kappa shape index (κ3) is 6.04. The van der Waals surface area contributed by atoms with Gasteiger partial charge in [0.1, 0.15) is 17.3 Å². The first-order valence-corrected chi connectivity index (χ1v) is 12.1. The van der Waals surface area contributed by atoms with E-state index in [0.29, 0.717) is 10.7 Å². The van der Waals surface area contributed by atoms with E-state index in [1.54, 1.807) is 24.3 Å². The van der Waals surface area contributed by atoms with Crippen LogP contribution in [0.2, 0.25) is 5.02 Å². The Labute approximate surface area is 190 Å². The fraction of sp³-hybridized carbons (Fsp3) is 0.238. The first kappa shape index (κ1) is 23.2. The fourth-order valence-corrected chi connectivity index (χ4v) is 4.74. The Kier molecular flexibility index (Phi) is 7.66. The summed E-state index contributed by atoms with van der Waals surface area (Å²) in [6, 6.07) is 10.9. The summed E-state index contributed by atoms with van der Waals surface area (Å²) in [4.78, 5) is 16.7. The molecule has 0 spiro atoms. The van der Waals surface area contributed by atoms with Crippen LogP contribution in [0.4, 0.5) is 0 Å². The third-order valence-electron chi connectivity index (χ3n) is 4.32. The molecule has 0 aliphatic heterocycles. The molecule has 0 saturated carbocycles. The van der Waals surface area contributed by atoms with Crippen LogP contribution >= 0.6 is 22.9 Å². The van der Waals surface area contributed by atoms with E-state index < -0.39 is 16.0 Å². The van der Waals surface area contributed by atoms with Crippen LogP contribution in [0.25, 0.3) is 0 Å². The van der Waals surface area contributed by atoms with Gasteiger partial charge in [0.2, 0.25) is 10.0 Å². The average Bonchev–Trinajstić information content (AvgIpc) is 3.25. The number of benzene rings is 2. The van der Waals surface area contributed by atoms with Gasteiger partial charge in [-0.25, -0.2) is 22.9 Å². The molecule has 0 atom stereocenters. The number of hydrogen-bond donors (Lipinski definition) is 1. The molecule has 1 heterocycles. The lowest BCUT2D eigenvalue weighted by atomic mass is 10.2. The van der Waals surface area contributed by atoms with Crippen LogP contribution in [-0.2, 0) is 34.3 Å². The van der Waals surface area contributed by atoms with E-state index in [9.17, 15) is 13.2 Å². The molecule has 0 saturated heterocycles. The van der Waals surface area contributed by atoms with E-state index in [1.807, 2.05) is 12.3 Å². The van der Waals surface area contributed by atoms with Gasteiger partial charge in [0.15, 0.2) is 0 Å². The Morgan fingerprint density at radius 3 is 2.58 bits per heavy atom. The lowest BCUT2D eigenvalue weighted by molar-refractivity contribution is 0.0468. The van der Waals surface area contributed by atoms with Gasteiger partial charge in [-0.1, -0.05) is 30.7 Å². The van der Waals surface area contributed by atoms with Crippen molar-refractivity contribution in [2.45, 2.75) is 31.4 Å². The molecule has 1 aromatic heterocycles. The maximum absolute atomic E-state index is 12.9. The normalized spacial score (nSPS) is 11.3. The number of sulfonamides is 1. The Balaban J connectivity index is 1.75. The largest absolute Gasteiger partial charge is 0.495 e. The van der Waals surface area contributed by atoms with Gasteiger partial charge < -0.3 is 9.47 Å². The minimum atomic E-state index is -3.96. The molecule has 0 unspecified atom stereocenters. The van der Waals surface area contributed by atoms with E-state index in [1.165, 1.54) is 36.6 Å². The van der Waals surface area contributed by atoms with Gasteiger partial charge in [-0.2, -0.15) is 0 Å². The van der Waals surface area contributed by atoms with Crippen molar-refractivity contribution in [2.75, 3.05) is 7.11 Å². The second-order valence-electron chi connectivity index (χ2n) is 6.48. The minimum absolute atomic E-state index is 0.0122. The highest BCUT2D eigenvalue weighted by Gasteiger charge is 2.22. The number of carbonyl (C=O) groups excluding carboxylic acids is 1. The fourth-order valence-electron chi connectivity index (χ4n) is 2.67. The van der Waals surface area contributed by atoms with Crippen molar-refractivity contribution in [3.63, 3.8) is 0 Å². The number of methoxy groups -OCH3 is 1. The number of rotatable bonds is 9. The maximum Gasteiger partial charge on any atom is 0.338 e. The van der Waals surface area contributed by atoms with Crippen molar-refractivity contribution in [1.29, 1.82) is 0 Å². The van der Waals surface area contributed by atoms with Crippen LogP contribution in [0, 0.1) is 0 Å². The average molecular weight is 481 g/mol. The van der Waals surface area contributed by atoms with Crippen molar-refractivity contribution in [3.05, 3.63) is 74.7 Å². The zero-order chi connectivity index (χ0) is 22.4. The molecule has 7 nitrogen and oxygen atoms in total. The van der Waals surface area contributed by atoms with Gasteiger partial charge in [0, 0.05) is 16.9 Å². The highest BCUT2D eigenvalue weighted by atomic mass is 35.5. The van der Waals surface area contributed by atoms with Crippen LogP contribution in [0.3, 0.4) is 0 Å². The monoisotopic (exact) mass is 480 g/mol. The van der Waals surface area contributed by atoms with Crippen molar-refractivity contribution >= 4 is 38.9 Å². The molecule has 164 valence electrons. The molecule has 0 fully saturated rings. The zero-order valence-corrected chi connectivity index (χ0v) is 19.3. The van der Waals surface area contributed by atoms with Crippen LogP contribution < -0.4 is 9.46 Å². The van der Waals surface area contributed by atoms with E-state index in [4.69, 9.17) is 21.1 Å². The molecular weight excluding hydrogens is 460 g/mol. The lowest BCUT2D eigenvalue weighted by Gasteiger charge is -2.12. The zero-order valence-electron chi connectivity index (χ0n) is 16.9. The quantitative estimate of drug-likeness (QED) is 0.461. The second-order valence-corrected chi connectivity index (χ2v) is 9.59. The molecule has 0 bridgehead atoms. The summed E-state index contributed by atoms with van der Waals surface area (Å²) in [7, 11) is -2.60. The van der Waals surface area contributed by atoms with Crippen molar-refractivity contribution in [2.24, 2.45) is 0 Å². The first-order chi connectivity index (χ1) is 14.8. The van der Waals surface area contributed by atoms with Gasteiger partial charge >= 0.3 is 5.97 Å². The summed E-state index contributed by atoms with van der Waals surface area (Å²) in [6.07, 6.45) is 0.807. The third-order valence-corrected chi connectivity index (χ3v) is 7.04. The SMILES string of the molecule is CCc1nc(COC(=O)c2ccc(OC)c(S(=O)(=O)NCc3ccc(Cl)cc3)c2)cs1. The summed E-state index contributed by atoms with van der Waals surface area (Å²) in [5, 5.41) is 3.34. The first-order valence-electron chi connectivity index (χ1n) is 9.35. The summed E-state index contributed by atoms with van der Waals surface area (Å²) in [5.74, 6) is -0.532. The van der Waals surface area contributed by atoms with Gasteiger partial charge in [-0.05, 0) is 42.3 Å². The summed E-state index contributed by atoms with van der Waals surface area (Å²) >= 11 is 7.35. The lowest BCUT2D eigenvalue weighted by Crippen LogP contribution is -2.24. The van der Waals surface area contributed by atoms with Gasteiger partial charge in [-0.3, -0.25) is 0 Å². The minimum Gasteiger partial charge on any atom is -0.495 e. The molecule has 2 aromatic carbocycles. The Morgan fingerprint density at radius 2 is 1.94 bits per heavy atom. The molecular formula is C21H21ClN2O5S2. The number of nitrogens with one attached hydrogen (secondary N) is 1. The number of ether oxygens (including phenoxy) is 2. The van der Waals surface area contributed by atoms with E-state index >= 15 is 0 Å². The number of nitrogens with zero attached hydrogens (tertiary/aromatic N) is 1. The highest BCUT2D eigenvalue weighted by Crippen LogP contribution is 2.26. The topological polar surface area (TPSA) is 94.6 Å². The van der Waals surface area contributed by atoms with Gasteiger partial charge in [0.05, 0.1) is 23.4 Å². The van der Waals surface area contributed by atoms with Crippen LogP contribution in [0.5, 0.6) is 5.75 Å². The van der Waals surface area contributed by atoms with Crippen molar-refractivity contribution in [3.8, 4) is 5.75 Å². The summed E-state index contributed by atoms with van der Waals surface area (Å²) < 4.78 is 38.7. The van der Waals surface area contributed by atoms with E-state index in [-0.39, 0.29) is 29.4 Å². The van der Waals surface area contributed by atoms with Crippen molar-refractivity contribution < 1.29 is 22.7 Å². The number of esters is 1. The summed E-state index contributed by atoms with van der Waals surface area (Å²) in [6.45, 7) is 2.06. The molecule has 3 aromatic rings. The van der Waals surface area contributed by atoms with Gasteiger partial charge in [0.25, 0.3) is 0 Å². The van der Waals surface area contributed by atoms with Crippen molar-refractivity contribution in [1.82, 2.24) is 9.71 Å². The van der Waals surface area contributed by atoms with E-state index in [2.05, 4.69) is 9.71 Å². The molecule has 3 rings (SSSR count). The predicted molar refractivity (Wildman–Crippen MR) is 119 cm³/mol.